The summed E-state index contributed by atoms with van der Waals surface area (Å²) in [6.07, 6.45) is 4.18. The molecule has 0 unspecified atom stereocenters. The van der Waals surface area contributed by atoms with Crippen molar-refractivity contribution in [2.75, 3.05) is 0 Å². The van der Waals surface area contributed by atoms with Crippen LogP contribution in [0.1, 0.15) is 57.1 Å². The lowest BCUT2D eigenvalue weighted by atomic mass is 10.3. The first-order chi connectivity index (χ1) is 13.5. The topological polar surface area (TPSA) is 103 Å². The normalized spacial score (nSPS) is 14.2. The van der Waals surface area contributed by atoms with E-state index in [4.69, 9.17) is 0 Å². The number of aryl methyl sites for hydroxylation is 2. The van der Waals surface area contributed by atoms with Crippen molar-refractivity contribution in [2.24, 2.45) is 7.05 Å². The minimum Gasteiger partial charge on any atom is -0.325 e. The van der Waals surface area contributed by atoms with Gasteiger partial charge in [-0.15, -0.1) is 10.2 Å². The van der Waals surface area contributed by atoms with Crippen LogP contribution in [0.2, 0.25) is 0 Å². The zero-order valence-electron chi connectivity index (χ0n) is 16.4. The molecule has 1 N–H and O–H groups in total. The molecule has 10 heteroatoms. The van der Waals surface area contributed by atoms with Crippen molar-refractivity contribution in [2.45, 2.75) is 69.4 Å². The Hall–Kier alpha value is -2.36. The standard InChI is InChI=1S/C18H25N7O2S/c1-4-6-9-25-15-13(16(26)20-17(25)27)23(3)12(19-15)10-28-18-22-21-14(11-7-8-11)24(18)5-2/h11H,4-10H2,1-3H3,(H,20,26,27). The summed E-state index contributed by atoms with van der Waals surface area (Å²) < 4.78 is 5.50. The second-order valence-electron chi connectivity index (χ2n) is 7.17. The summed E-state index contributed by atoms with van der Waals surface area (Å²) in [5, 5.41) is 9.59. The number of rotatable bonds is 8. The third-order valence-corrected chi connectivity index (χ3v) is 6.14. The van der Waals surface area contributed by atoms with Crippen molar-refractivity contribution < 1.29 is 0 Å². The molecule has 4 rings (SSSR count). The summed E-state index contributed by atoms with van der Waals surface area (Å²) in [5.41, 5.74) is 0.0904. The average Bonchev–Trinajstić information content (AvgIpc) is 3.35. The SMILES string of the molecule is CCCCn1c(=O)[nH]c(=O)c2c1nc(CSc1nnc(C3CC3)n1CC)n2C. The number of imidazole rings is 1. The van der Waals surface area contributed by atoms with Crippen LogP contribution < -0.4 is 11.2 Å². The molecular weight excluding hydrogens is 378 g/mol. The van der Waals surface area contributed by atoms with Gasteiger partial charge in [-0.25, -0.2) is 9.78 Å². The lowest BCUT2D eigenvalue weighted by Crippen LogP contribution is -2.31. The van der Waals surface area contributed by atoms with E-state index in [1.807, 2.05) is 7.05 Å². The molecule has 0 aliphatic heterocycles. The molecule has 0 atom stereocenters. The van der Waals surface area contributed by atoms with Crippen LogP contribution in [0, 0.1) is 0 Å². The van der Waals surface area contributed by atoms with Crippen LogP contribution in [0.15, 0.2) is 14.7 Å². The van der Waals surface area contributed by atoms with E-state index in [9.17, 15) is 9.59 Å². The van der Waals surface area contributed by atoms with Crippen molar-refractivity contribution in [3.8, 4) is 0 Å². The summed E-state index contributed by atoms with van der Waals surface area (Å²) in [4.78, 5) is 31.7. The predicted molar refractivity (Wildman–Crippen MR) is 108 cm³/mol. The van der Waals surface area contributed by atoms with Crippen LogP contribution >= 0.6 is 11.8 Å². The average molecular weight is 404 g/mol. The van der Waals surface area contributed by atoms with Gasteiger partial charge in [0.05, 0.1) is 5.75 Å². The van der Waals surface area contributed by atoms with Crippen LogP contribution in [0.4, 0.5) is 0 Å². The summed E-state index contributed by atoms with van der Waals surface area (Å²) in [6.45, 7) is 5.54. The fourth-order valence-electron chi connectivity index (χ4n) is 3.42. The number of H-pyrrole nitrogens is 1. The molecule has 28 heavy (non-hydrogen) atoms. The maximum absolute atomic E-state index is 12.4. The number of hydrogen-bond donors (Lipinski definition) is 1. The van der Waals surface area contributed by atoms with E-state index in [0.29, 0.717) is 29.4 Å². The molecule has 3 heterocycles. The molecule has 0 bridgehead atoms. The summed E-state index contributed by atoms with van der Waals surface area (Å²) in [7, 11) is 1.81. The van der Waals surface area contributed by atoms with Gasteiger partial charge in [-0.1, -0.05) is 25.1 Å². The molecule has 3 aromatic rings. The lowest BCUT2D eigenvalue weighted by molar-refractivity contribution is 0.613. The van der Waals surface area contributed by atoms with Gasteiger partial charge in [0.15, 0.2) is 16.3 Å². The zero-order chi connectivity index (χ0) is 19.8. The Labute approximate surface area is 166 Å². The van der Waals surface area contributed by atoms with Gasteiger partial charge in [0, 0.05) is 26.1 Å². The van der Waals surface area contributed by atoms with E-state index in [1.165, 1.54) is 12.8 Å². The van der Waals surface area contributed by atoms with Gasteiger partial charge in [-0.3, -0.25) is 14.3 Å². The number of aromatic nitrogens is 7. The number of hydrogen-bond acceptors (Lipinski definition) is 6. The second-order valence-corrected chi connectivity index (χ2v) is 8.11. The number of unbranched alkanes of at least 4 members (excludes halogenated alkanes) is 1. The van der Waals surface area contributed by atoms with Crippen LogP contribution in [-0.2, 0) is 25.9 Å². The molecule has 0 spiro atoms. The highest BCUT2D eigenvalue weighted by molar-refractivity contribution is 7.98. The first-order valence-electron chi connectivity index (χ1n) is 9.79. The molecule has 0 aromatic carbocycles. The molecule has 0 amide bonds. The number of fused-ring (bicyclic) bond motifs is 1. The first kappa shape index (κ1) is 19.0. The maximum atomic E-state index is 12.4. The van der Waals surface area contributed by atoms with Crippen molar-refractivity contribution in [3.05, 3.63) is 32.5 Å². The highest BCUT2D eigenvalue weighted by Gasteiger charge is 2.30. The van der Waals surface area contributed by atoms with Gasteiger partial charge in [0.25, 0.3) is 5.56 Å². The number of nitrogens with zero attached hydrogens (tertiary/aromatic N) is 6. The molecule has 1 saturated carbocycles. The summed E-state index contributed by atoms with van der Waals surface area (Å²) in [6, 6.07) is 0. The highest BCUT2D eigenvalue weighted by Crippen LogP contribution is 2.40. The smallest absolute Gasteiger partial charge is 0.325 e. The minimum atomic E-state index is -0.400. The van der Waals surface area contributed by atoms with Gasteiger partial charge in [0.1, 0.15) is 11.6 Å². The number of nitrogens with one attached hydrogen (secondary N) is 1. The van der Waals surface area contributed by atoms with Crippen LogP contribution in [0.5, 0.6) is 0 Å². The fraction of sp³-hybridized carbons (Fsp3) is 0.611. The predicted octanol–water partition coefficient (Wildman–Crippen LogP) is 2.00. The first-order valence-corrected chi connectivity index (χ1v) is 10.8. The van der Waals surface area contributed by atoms with Crippen molar-refractivity contribution in [3.63, 3.8) is 0 Å². The van der Waals surface area contributed by atoms with E-state index in [1.54, 1.807) is 20.9 Å². The van der Waals surface area contributed by atoms with Gasteiger partial charge in [0.2, 0.25) is 0 Å². The molecule has 150 valence electrons. The van der Waals surface area contributed by atoms with E-state index in [2.05, 4.69) is 38.6 Å². The number of thioether (sulfide) groups is 1. The molecule has 1 aliphatic rings. The Balaban J connectivity index is 1.66. The van der Waals surface area contributed by atoms with Crippen molar-refractivity contribution in [1.29, 1.82) is 0 Å². The molecular formula is C18H25N7O2S. The maximum Gasteiger partial charge on any atom is 0.330 e. The van der Waals surface area contributed by atoms with Gasteiger partial charge >= 0.3 is 5.69 Å². The van der Waals surface area contributed by atoms with Crippen LogP contribution in [-0.4, -0.2) is 33.9 Å². The third-order valence-electron chi connectivity index (χ3n) is 5.18. The van der Waals surface area contributed by atoms with Crippen molar-refractivity contribution >= 4 is 22.9 Å². The fourth-order valence-corrected chi connectivity index (χ4v) is 4.41. The second kappa shape index (κ2) is 7.57. The molecule has 3 aromatic heterocycles. The molecule has 1 fully saturated rings. The van der Waals surface area contributed by atoms with E-state index >= 15 is 0 Å². The molecule has 1 aliphatic carbocycles. The van der Waals surface area contributed by atoms with Crippen LogP contribution in [0.3, 0.4) is 0 Å². The van der Waals surface area contributed by atoms with E-state index < -0.39 is 11.2 Å². The lowest BCUT2D eigenvalue weighted by Gasteiger charge is -2.06. The Morgan fingerprint density at radius 2 is 1.96 bits per heavy atom. The molecule has 0 radical (unpaired) electrons. The minimum absolute atomic E-state index is 0.397. The molecule has 0 saturated heterocycles. The summed E-state index contributed by atoms with van der Waals surface area (Å²) in [5.74, 6) is 2.90. The molecule has 9 nitrogen and oxygen atoms in total. The largest absolute Gasteiger partial charge is 0.330 e. The third kappa shape index (κ3) is 3.30. The Morgan fingerprint density at radius 1 is 1.18 bits per heavy atom. The quantitative estimate of drug-likeness (QED) is 0.577. The Kier molecular flexibility index (Phi) is 5.13. The summed E-state index contributed by atoms with van der Waals surface area (Å²) >= 11 is 1.56. The van der Waals surface area contributed by atoms with Crippen molar-refractivity contribution in [1.82, 2.24) is 33.9 Å². The van der Waals surface area contributed by atoms with Gasteiger partial charge in [-0.05, 0) is 26.2 Å². The van der Waals surface area contributed by atoms with Crippen LogP contribution in [0.25, 0.3) is 11.2 Å². The Bertz CT molecular complexity index is 1120. The Morgan fingerprint density at radius 3 is 2.64 bits per heavy atom. The highest BCUT2D eigenvalue weighted by atomic mass is 32.2. The zero-order valence-corrected chi connectivity index (χ0v) is 17.3. The van der Waals surface area contributed by atoms with E-state index in [-0.39, 0.29) is 0 Å². The van der Waals surface area contributed by atoms with E-state index in [0.717, 1.165) is 36.2 Å². The number of aromatic amines is 1. The monoisotopic (exact) mass is 403 g/mol. The van der Waals surface area contributed by atoms with Gasteiger partial charge in [-0.2, -0.15) is 0 Å². The van der Waals surface area contributed by atoms with Gasteiger partial charge < -0.3 is 9.13 Å².